The first-order valence-corrected chi connectivity index (χ1v) is 13.7. The highest BCUT2D eigenvalue weighted by atomic mass is 32.2. The lowest BCUT2D eigenvalue weighted by Crippen LogP contribution is -2.59. The van der Waals surface area contributed by atoms with E-state index in [1.807, 2.05) is 27.7 Å². The van der Waals surface area contributed by atoms with Gasteiger partial charge in [-0.15, -0.1) is 24.9 Å². The summed E-state index contributed by atoms with van der Waals surface area (Å²) in [6.45, 7) is 18.2. The van der Waals surface area contributed by atoms with Crippen molar-refractivity contribution in [2.45, 2.75) is 81.5 Å². The molecule has 2 bridgehead atoms. The van der Waals surface area contributed by atoms with Gasteiger partial charge in [0, 0.05) is 30.9 Å². The van der Waals surface area contributed by atoms with Gasteiger partial charge in [0.25, 0.3) is 0 Å². The SMILES string of the molecule is C=CCN(C)C(=O)[C@H]1[C@H]2C(=O)N([C@@H](CO)[C@@H](C)CC)C(C(=O)N(CC=C)C(C)C)C23CC[C@]1(C)S3. The first-order chi connectivity index (χ1) is 16.4. The van der Waals surface area contributed by atoms with E-state index in [1.54, 1.807) is 45.7 Å². The van der Waals surface area contributed by atoms with Crippen LogP contribution in [0.5, 0.6) is 0 Å². The zero-order valence-electron chi connectivity index (χ0n) is 22.2. The zero-order valence-corrected chi connectivity index (χ0v) is 23.0. The molecule has 8 heteroatoms. The number of fused-ring (bicyclic) bond motifs is 1. The minimum atomic E-state index is -0.720. The third-order valence-corrected chi connectivity index (χ3v) is 10.6. The molecule has 0 aromatic heterocycles. The number of likely N-dealkylation sites (tertiary alicyclic amines) is 1. The fourth-order valence-corrected chi connectivity index (χ4v) is 8.89. The lowest BCUT2D eigenvalue weighted by molar-refractivity contribution is -0.148. The van der Waals surface area contributed by atoms with Gasteiger partial charge in [-0.05, 0) is 39.5 Å². The van der Waals surface area contributed by atoms with Crippen LogP contribution in [0.1, 0.15) is 53.9 Å². The maximum atomic E-state index is 14.3. The second-order valence-corrected chi connectivity index (χ2v) is 12.9. The fraction of sp³-hybridized carbons (Fsp3) is 0.741. The second-order valence-electron chi connectivity index (χ2n) is 11.0. The van der Waals surface area contributed by atoms with E-state index in [9.17, 15) is 19.5 Å². The molecule has 7 nitrogen and oxygen atoms in total. The molecule has 3 heterocycles. The third kappa shape index (κ3) is 4.24. The molecule has 0 aromatic carbocycles. The van der Waals surface area contributed by atoms with Gasteiger partial charge in [-0.25, -0.2) is 0 Å². The highest BCUT2D eigenvalue weighted by Crippen LogP contribution is 2.72. The first-order valence-electron chi connectivity index (χ1n) is 12.9. The van der Waals surface area contributed by atoms with E-state index < -0.39 is 33.4 Å². The lowest BCUT2D eigenvalue weighted by atomic mass is 9.66. The Balaban J connectivity index is 2.17. The normalized spacial score (nSPS) is 33.0. The van der Waals surface area contributed by atoms with Crippen molar-refractivity contribution in [3.8, 4) is 0 Å². The van der Waals surface area contributed by atoms with Crippen LogP contribution in [-0.2, 0) is 14.4 Å². The largest absolute Gasteiger partial charge is 0.394 e. The van der Waals surface area contributed by atoms with E-state index in [1.165, 1.54) is 0 Å². The van der Waals surface area contributed by atoms with Gasteiger partial charge in [0.2, 0.25) is 17.7 Å². The van der Waals surface area contributed by atoms with Crippen molar-refractivity contribution in [2.24, 2.45) is 17.8 Å². The minimum Gasteiger partial charge on any atom is -0.394 e. The molecule has 0 aromatic rings. The van der Waals surface area contributed by atoms with Crippen LogP contribution >= 0.6 is 11.8 Å². The summed E-state index contributed by atoms with van der Waals surface area (Å²) in [5, 5.41) is 10.4. The molecule has 0 saturated carbocycles. The Morgan fingerprint density at radius 2 is 1.83 bits per heavy atom. The van der Waals surface area contributed by atoms with E-state index in [4.69, 9.17) is 0 Å². The molecule has 3 aliphatic rings. The van der Waals surface area contributed by atoms with Crippen molar-refractivity contribution in [3.05, 3.63) is 25.3 Å². The highest BCUT2D eigenvalue weighted by molar-refractivity contribution is 8.02. The van der Waals surface area contributed by atoms with Crippen molar-refractivity contribution in [3.63, 3.8) is 0 Å². The molecule has 196 valence electrons. The number of rotatable bonds is 11. The Morgan fingerprint density at radius 1 is 1.20 bits per heavy atom. The molecule has 3 fully saturated rings. The summed E-state index contributed by atoms with van der Waals surface area (Å²) >= 11 is 1.67. The number of carbonyl (C=O) groups is 3. The van der Waals surface area contributed by atoms with Gasteiger partial charge < -0.3 is 19.8 Å². The molecule has 3 saturated heterocycles. The van der Waals surface area contributed by atoms with Crippen LogP contribution in [-0.4, -0.2) is 91.9 Å². The van der Waals surface area contributed by atoms with Gasteiger partial charge in [-0.2, -0.15) is 0 Å². The predicted octanol–water partition coefficient (Wildman–Crippen LogP) is 2.94. The average molecular weight is 506 g/mol. The number of amides is 3. The predicted molar refractivity (Wildman–Crippen MR) is 141 cm³/mol. The van der Waals surface area contributed by atoms with Gasteiger partial charge >= 0.3 is 0 Å². The molecule has 3 rings (SSSR count). The van der Waals surface area contributed by atoms with Crippen LogP contribution in [0.25, 0.3) is 0 Å². The molecule has 3 amide bonds. The van der Waals surface area contributed by atoms with E-state index in [0.717, 1.165) is 12.8 Å². The summed E-state index contributed by atoms with van der Waals surface area (Å²) in [5.74, 6) is -1.42. The molecule has 0 aliphatic carbocycles. The topological polar surface area (TPSA) is 81.2 Å². The Morgan fingerprint density at radius 3 is 2.34 bits per heavy atom. The van der Waals surface area contributed by atoms with Crippen molar-refractivity contribution in [2.75, 3.05) is 26.7 Å². The number of carbonyl (C=O) groups excluding carboxylic acids is 3. The van der Waals surface area contributed by atoms with Crippen LogP contribution in [0.15, 0.2) is 25.3 Å². The fourth-order valence-electron chi connectivity index (χ4n) is 6.56. The maximum Gasteiger partial charge on any atom is 0.247 e. The monoisotopic (exact) mass is 505 g/mol. The van der Waals surface area contributed by atoms with Gasteiger partial charge in [0.1, 0.15) is 6.04 Å². The van der Waals surface area contributed by atoms with E-state index >= 15 is 0 Å². The molecule has 1 spiro atoms. The van der Waals surface area contributed by atoms with Crippen molar-refractivity contribution >= 4 is 29.5 Å². The summed E-state index contributed by atoms with van der Waals surface area (Å²) in [7, 11) is 1.75. The van der Waals surface area contributed by atoms with Crippen LogP contribution in [0, 0.1) is 17.8 Å². The van der Waals surface area contributed by atoms with Crippen LogP contribution in [0.2, 0.25) is 0 Å². The van der Waals surface area contributed by atoms with Gasteiger partial charge in [0.15, 0.2) is 0 Å². The Labute approximate surface area is 215 Å². The van der Waals surface area contributed by atoms with E-state index in [2.05, 4.69) is 20.1 Å². The quantitative estimate of drug-likeness (QED) is 0.437. The molecule has 2 unspecified atom stereocenters. The number of aliphatic hydroxyl groups excluding tert-OH is 1. The standard InChI is InChI=1S/C27H43N3O4S/c1-9-14-28(8)23(32)20-21-24(33)30(19(16-31)18(6)11-3)22(25(34)29(15-10-2)17(4)5)27(21)13-12-26(20,7)35-27/h9-10,17-22,31H,1-2,11-16H2,3-8H3/t18-,19-,20+,21-,22?,26-,27?/m0/s1. The zero-order chi connectivity index (χ0) is 26.3. The average Bonchev–Trinajstić information content (AvgIpc) is 3.38. The van der Waals surface area contributed by atoms with Gasteiger partial charge in [0.05, 0.1) is 29.2 Å². The number of likely N-dealkylation sites (N-methyl/N-ethyl adjacent to an activating group) is 1. The summed E-state index contributed by atoms with van der Waals surface area (Å²) in [5.41, 5.74) is 0. The van der Waals surface area contributed by atoms with E-state index in [0.29, 0.717) is 19.5 Å². The molecule has 0 radical (unpaired) electrons. The summed E-state index contributed by atoms with van der Waals surface area (Å²) < 4.78 is -1.10. The third-order valence-electron chi connectivity index (χ3n) is 8.57. The molecule has 35 heavy (non-hydrogen) atoms. The Kier molecular flexibility index (Phi) is 8.17. The Hall–Kier alpha value is -1.80. The van der Waals surface area contributed by atoms with E-state index in [-0.39, 0.29) is 36.3 Å². The number of hydrogen-bond acceptors (Lipinski definition) is 5. The number of aliphatic hydroxyl groups is 1. The second kappa shape index (κ2) is 10.3. The van der Waals surface area contributed by atoms with Gasteiger partial charge in [-0.3, -0.25) is 14.4 Å². The van der Waals surface area contributed by atoms with Crippen molar-refractivity contribution in [1.29, 1.82) is 0 Å². The number of nitrogens with zero attached hydrogens (tertiary/aromatic N) is 3. The van der Waals surface area contributed by atoms with Crippen LogP contribution in [0.4, 0.5) is 0 Å². The number of hydrogen-bond donors (Lipinski definition) is 1. The van der Waals surface area contributed by atoms with Crippen molar-refractivity contribution < 1.29 is 19.5 Å². The summed E-state index contributed by atoms with van der Waals surface area (Å²) in [6, 6.07) is -1.27. The van der Waals surface area contributed by atoms with Crippen molar-refractivity contribution in [1.82, 2.24) is 14.7 Å². The molecular formula is C27H43N3O4S. The first kappa shape index (κ1) is 27.8. The van der Waals surface area contributed by atoms with Crippen LogP contribution in [0.3, 0.4) is 0 Å². The number of thioether (sulfide) groups is 1. The summed E-state index contributed by atoms with van der Waals surface area (Å²) in [6.07, 6.45) is 5.64. The molecular weight excluding hydrogens is 462 g/mol. The highest BCUT2D eigenvalue weighted by Gasteiger charge is 2.78. The lowest BCUT2D eigenvalue weighted by Gasteiger charge is -2.42. The summed E-state index contributed by atoms with van der Waals surface area (Å²) in [4.78, 5) is 47.4. The maximum absolute atomic E-state index is 14.3. The van der Waals surface area contributed by atoms with Gasteiger partial charge in [-0.1, -0.05) is 32.4 Å². The smallest absolute Gasteiger partial charge is 0.247 e. The Bertz CT molecular complexity index is 878. The van der Waals surface area contributed by atoms with Crippen LogP contribution < -0.4 is 0 Å². The molecule has 3 aliphatic heterocycles. The molecule has 1 N–H and O–H groups in total. The molecule has 7 atom stereocenters. The minimum absolute atomic E-state index is 0.0109.